The van der Waals surface area contributed by atoms with Gasteiger partial charge in [-0.1, -0.05) is 6.92 Å². The molecule has 0 amide bonds. The van der Waals surface area contributed by atoms with Crippen LogP contribution in [0.5, 0.6) is 0 Å². The molecule has 2 fully saturated rings. The fourth-order valence-electron chi connectivity index (χ4n) is 3.09. The fourth-order valence-corrected chi connectivity index (χ4v) is 3.09. The van der Waals surface area contributed by atoms with E-state index >= 15 is 0 Å². The van der Waals surface area contributed by atoms with E-state index < -0.39 is 0 Å². The summed E-state index contributed by atoms with van der Waals surface area (Å²) in [6.07, 6.45) is 6.92. The van der Waals surface area contributed by atoms with Gasteiger partial charge in [0.2, 0.25) is 0 Å². The van der Waals surface area contributed by atoms with Gasteiger partial charge in [-0.25, -0.2) is 0 Å². The monoisotopic (exact) mass is 226 g/mol. The average molecular weight is 226 g/mol. The number of hydrogen-bond donors (Lipinski definition) is 2. The van der Waals surface area contributed by atoms with Crippen LogP contribution in [0.3, 0.4) is 0 Å². The van der Waals surface area contributed by atoms with Crippen molar-refractivity contribution in [2.24, 2.45) is 5.41 Å². The summed E-state index contributed by atoms with van der Waals surface area (Å²) in [6, 6.07) is 0.587. The Morgan fingerprint density at radius 3 is 2.94 bits per heavy atom. The smallest absolute Gasteiger partial charge is 0.0724 e. The van der Waals surface area contributed by atoms with E-state index in [1.54, 1.807) is 0 Å². The third kappa shape index (κ3) is 2.96. The van der Waals surface area contributed by atoms with Crippen LogP contribution >= 0.6 is 0 Å². The largest absolute Gasteiger partial charge is 0.380 e. The molecule has 2 aliphatic rings. The molecule has 3 nitrogen and oxygen atoms in total. The molecule has 1 heterocycles. The van der Waals surface area contributed by atoms with Crippen LogP contribution in [-0.4, -0.2) is 38.9 Å². The van der Waals surface area contributed by atoms with Gasteiger partial charge in [0, 0.05) is 26.2 Å². The Balaban J connectivity index is 1.77. The molecule has 2 rings (SSSR count). The van der Waals surface area contributed by atoms with Gasteiger partial charge in [-0.15, -0.1) is 0 Å². The van der Waals surface area contributed by atoms with Crippen LogP contribution < -0.4 is 10.6 Å². The van der Waals surface area contributed by atoms with Crippen molar-refractivity contribution in [1.82, 2.24) is 10.6 Å². The minimum atomic E-state index is 0.444. The number of hydrogen-bond acceptors (Lipinski definition) is 3. The number of rotatable bonds is 4. The number of methoxy groups -OCH3 is 1. The summed E-state index contributed by atoms with van der Waals surface area (Å²) in [4.78, 5) is 0. The highest BCUT2D eigenvalue weighted by Gasteiger charge is 2.31. The quantitative estimate of drug-likeness (QED) is 0.763. The first-order chi connectivity index (χ1) is 7.73. The van der Waals surface area contributed by atoms with Crippen molar-refractivity contribution in [3.05, 3.63) is 0 Å². The normalized spacial score (nSPS) is 40.1. The standard InChI is InChI=1S/C13H26N2O/c1-13(7-4-8-14-9-13)10-15-11-5-3-6-12(11)16-2/h11-12,14-15H,3-10H2,1-2H3. The number of piperidine rings is 1. The molecular weight excluding hydrogens is 200 g/mol. The van der Waals surface area contributed by atoms with Gasteiger partial charge in [-0.05, 0) is 44.1 Å². The second kappa shape index (κ2) is 5.48. The highest BCUT2D eigenvalue weighted by atomic mass is 16.5. The molecule has 1 aliphatic heterocycles. The van der Waals surface area contributed by atoms with Crippen LogP contribution in [-0.2, 0) is 4.74 Å². The van der Waals surface area contributed by atoms with E-state index in [0.717, 1.165) is 13.1 Å². The first-order valence-corrected chi connectivity index (χ1v) is 6.70. The van der Waals surface area contributed by atoms with Gasteiger partial charge < -0.3 is 15.4 Å². The van der Waals surface area contributed by atoms with Gasteiger partial charge in [0.05, 0.1) is 6.10 Å². The van der Waals surface area contributed by atoms with Crippen LogP contribution in [0, 0.1) is 5.41 Å². The third-order valence-electron chi connectivity index (χ3n) is 4.23. The minimum Gasteiger partial charge on any atom is -0.380 e. The first kappa shape index (κ1) is 12.3. The maximum Gasteiger partial charge on any atom is 0.0724 e. The van der Waals surface area contributed by atoms with Gasteiger partial charge >= 0.3 is 0 Å². The molecule has 3 unspecified atom stereocenters. The van der Waals surface area contributed by atoms with Crippen molar-refractivity contribution >= 4 is 0 Å². The van der Waals surface area contributed by atoms with Crippen LogP contribution in [0.25, 0.3) is 0 Å². The lowest BCUT2D eigenvalue weighted by Crippen LogP contribution is -2.48. The minimum absolute atomic E-state index is 0.444. The summed E-state index contributed by atoms with van der Waals surface area (Å²) < 4.78 is 5.52. The van der Waals surface area contributed by atoms with Gasteiger partial charge in [0.25, 0.3) is 0 Å². The molecular formula is C13H26N2O. The molecule has 1 saturated carbocycles. The summed E-state index contributed by atoms with van der Waals surface area (Å²) >= 11 is 0. The summed E-state index contributed by atoms with van der Waals surface area (Å²) in [5.74, 6) is 0. The van der Waals surface area contributed by atoms with Crippen molar-refractivity contribution < 1.29 is 4.74 Å². The van der Waals surface area contributed by atoms with Crippen LogP contribution in [0.1, 0.15) is 39.0 Å². The third-order valence-corrected chi connectivity index (χ3v) is 4.23. The van der Waals surface area contributed by atoms with Crippen LogP contribution in [0.2, 0.25) is 0 Å². The SMILES string of the molecule is COC1CCCC1NCC1(C)CCCNC1. The zero-order valence-corrected chi connectivity index (χ0v) is 10.7. The van der Waals surface area contributed by atoms with Crippen molar-refractivity contribution in [1.29, 1.82) is 0 Å². The molecule has 16 heavy (non-hydrogen) atoms. The van der Waals surface area contributed by atoms with Gasteiger partial charge in [0.15, 0.2) is 0 Å². The van der Waals surface area contributed by atoms with Crippen LogP contribution in [0.4, 0.5) is 0 Å². The number of nitrogens with one attached hydrogen (secondary N) is 2. The Kier molecular flexibility index (Phi) is 4.22. The Labute approximate surface area is 99.3 Å². The van der Waals surface area contributed by atoms with E-state index in [0.29, 0.717) is 17.6 Å². The van der Waals surface area contributed by atoms with Gasteiger partial charge in [0.1, 0.15) is 0 Å². The zero-order valence-electron chi connectivity index (χ0n) is 10.7. The van der Waals surface area contributed by atoms with Gasteiger partial charge in [-0.2, -0.15) is 0 Å². The lowest BCUT2D eigenvalue weighted by Gasteiger charge is -2.36. The Bertz CT molecular complexity index is 214. The molecule has 0 aromatic heterocycles. The van der Waals surface area contributed by atoms with Crippen molar-refractivity contribution in [2.75, 3.05) is 26.7 Å². The molecule has 2 N–H and O–H groups in total. The van der Waals surface area contributed by atoms with E-state index in [2.05, 4.69) is 17.6 Å². The molecule has 3 atom stereocenters. The molecule has 94 valence electrons. The molecule has 0 radical (unpaired) electrons. The second-order valence-corrected chi connectivity index (χ2v) is 5.78. The molecule has 0 aromatic carbocycles. The maximum absolute atomic E-state index is 5.52. The Morgan fingerprint density at radius 2 is 2.25 bits per heavy atom. The van der Waals surface area contributed by atoms with Crippen molar-refractivity contribution in [3.63, 3.8) is 0 Å². The molecule has 0 spiro atoms. The highest BCUT2D eigenvalue weighted by molar-refractivity contribution is 4.89. The Hall–Kier alpha value is -0.120. The van der Waals surface area contributed by atoms with Crippen molar-refractivity contribution in [2.45, 2.75) is 51.2 Å². The summed E-state index contributed by atoms with van der Waals surface area (Å²) in [5.41, 5.74) is 0.444. The fraction of sp³-hybridized carbons (Fsp3) is 1.00. The predicted molar refractivity (Wildman–Crippen MR) is 66.6 cm³/mol. The molecule has 1 aliphatic carbocycles. The van der Waals surface area contributed by atoms with Crippen LogP contribution in [0.15, 0.2) is 0 Å². The number of ether oxygens (including phenoxy) is 1. The topological polar surface area (TPSA) is 33.3 Å². The molecule has 0 aromatic rings. The van der Waals surface area contributed by atoms with E-state index in [4.69, 9.17) is 4.74 Å². The van der Waals surface area contributed by atoms with E-state index in [-0.39, 0.29) is 0 Å². The molecule has 3 heteroatoms. The average Bonchev–Trinajstić information content (AvgIpc) is 2.75. The summed E-state index contributed by atoms with van der Waals surface area (Å²) in [7, 11) is 1.84. The second-order valence-electron chi connectivity index (χ2n) is 5.78. The van der Waals surface area contributed by atoms with E-state index in [1.165, 1.54) is 38.6 Å². The van der Waals surface area contributed by atoms with E-state index in [9.17, 15) is 0 Å². The van der Waals surface area contributed by atoms with E-state index in [1.807, 2.05) is 7.11 Å². The lowest BCUT2D eigenvalue weighted by molar-refractivity contribution is 0.0791. The predicted octanol–water partition coefficient (Wildman–Crippen LogP) is 1.53. The molecule has 1 saturated heterocycles. The Morgan fingerprint density at radius 1 is 1.38 bits per heavy atom. The molecule has 0 bridgehead atoms. The highest BCUT2D eigenvalue weighted by Crippen LogP contribution is 2.27. The van der Waals surface area contributed by atoms with Gasteiger partial charge in [-0.3, -0.25) is 0 Å². The first-order valence-electron chi connectivity index (χ1n) is 6.70. The summed E-state index contributed by atoms with van der Waals surface area (Å²) in [6.45, 7) is 5.87. The van der Waals surface area contributed by atoms with Crippen molar-refractivity contribution in [3.8, 4) is 0 Å². The summed E-state index contributed by atoms with van der Waals surface area (Å²) in [5, 5.41) is 7.23. The maximum atomic E-state index is 5.52. The lowest BCUT2D eigenvalue weighted by atomic mass is 9.82. The zero-order chi connectivity index (χ0) is 11.4.